The molecule has 5 nitrogen and oxygen atoms in total. The normalized spacial score (nSPS) is 10.5. The second-order valence-electron chi connectivity index (χ2n) is 4.22. The van der Waals surface area contributed by atoms with Crippen LogP contribution >= 0.6 is 12.6 Å². The van der Waals surface area contributed by atoms with Gasteiger partial charge in [-0.3, -0.25) is 10.1 Å². The zero-order valence-electron chi connectivity index (χ0n) is 10.8. The molecule has 2 aromatic rings. The Balaban J connectivity index is 2.47. The number of nitrogen functional groups attached to an aromatic ring is 1. The maximum absolute atomic E-state index is 13.9. The average Bonchev–Trinajstić information content (AvgIpc) is 2.42. The van der Waals surface area contributed by atoms with E-state index in [0.717, 1.165) is 12.1 Å². The van der Waals surface area contributed by atoms with Gasteiger partial charge in [-0.1, -0.05) is 0 Å². The van der Waals surface area contributed by atoms with Gasteiger partial charge in [0.25, 0.3) is 5.69 Å². The highest BCUT2D eigenvalue weighted by atomic mass is 32.1. The fourth-order valence-electron chi connectivity index (χ4n) is 1.69. The monoisotopic (exact) mass is 312 g/mol. The van der Waals surface area contributed by atoms with Gasteiger partial charge in [0.15, 0.2) is 11.6 Å². The lowest BCUT2D eigenvalue weighted by atomic mass is 10.2. The Labute approximate surface area is 123 Å². The van der Waals surface area contributed by atoms with Crippen molar-refractivity contribution in [1.29, 1.82) is 0 Å². The molecule has 0 radical (unpaired) electrons. The van der Waals surface area contributed by atoms with Crippen LogP contribution < -0.4 is 10.5 Å². The number of nitrogens with two attached hydrogens (primary N) is 1. The zero-order chi connectivity index (χ0) is 15.7. The van der Waals surface area contributed by atoms with Gasteiger partial charge in [0.1, 0.15) is 11.6 Å². The minimum absolute atomic E-state index is 0.00963. The minimum Gasteiger partial charge on any atom is -0.453 e. The van der Waals surface area contributed by atoms with Gasteiger partial charge in [-0.05, 0) is 19.1 Å². The number of nitro groups is 1. The largest absolute Gasteiger partial charge is 0.453 e. The molecular weight excluding hydrogens is 302 g/mol. The van der Waals surface area contributed by atoms with E-state index in [2.05, 4.69) is 12.6 Å². The Bertz CT molecular complexity index is 738. The third kappa shape index (κ3) is 2.89. The van der Waals surface area contributed by atoms with E-state index >= 15 is 0 Å². The number of anilines is 1. The standard InChI is InChI=1S/C13H10F2N2O3S/c1-6-11(17(18)19)5-9(15)12(13(6)21)20-7-2-3-8(14)10(16)4-7/h2-5,21H,16H2,1H3. The molecule has 2 N–H and O–H groups in total. The first-order chi connectivity index (χ1) is 9.81. The van der Waals surface area contributed by atoms with E-state index in [9.17, 15) is 18.9 Å². The van der Waals surface area contributed by atoms with Crippen LogP contribution in [0.4, 0.5) is 20.2 Å². The molecule has 0 fully saturated rings. The number of hydrogen-bond acceptors (Lipinski definition) is 5. The number of thiol groups is 1. The molecule has 0 bridgehead atoms. The molecule has 21 heavy (non-hydrogen) atoms. The second kappa shape index (κ2) is 5.57. The molecular formula is C13H10F2N2O3S. The SMILES string of the molecule is Cc1c([N+](=O)[O-])cc(F)c(Oc2ccc(F)c(N)c2)c1S. The van der Waals surface area contributed by atoms with Crippen molar-refractivity contribution >= 4 is 24.0 Å². The lowest BCUT2D eigenvalue weighted by Crippen LogP contribution is -1.99. The van der Waals surface area contributed by atoms with Crippen molar-refractivity contribution in [3.8, 4) is 11.5 Å². The number of nitro benzene ring substituents is 1. The summed E-state index contributed by atoms with van der Waals surface area (Å²) in [6, 6.07) is 4.25. The molecule has 0 aliphatic carbocycles. The van der Waals surface area contributed by atoms with Crippen molar-refractivity contribution in [2.45, 2.75) is 11.8 Å². The molecule has 110 valence electrons. The van der Waals surface area contributed by atoms with Crippen molar-refractivity contribution in [3.63, 3.8) is 0 Å². The highest BCUT2D eigenvalue weighted by Gasteiger charge is 2.22. The van der Waals surface area contributed by atoms with Crippen LogP contribution in [0.1, 0.15) is 5.56 Å². The molecule has 0 heterocycles. The lowest BCUT2D eigenvalue weighted by molar-refractivity contribution is -0.385. The predicted molar refractivity (Wildman–Crippen MR) is 75.9 cm³/mol. The van der Waals surface area contributed by atoms with Crippen molar-refractivity contribution in [3.05, 3.63) is 51.6 Å². The molecule has 0 saturated heterocycles. The summed E-state index contributed by atoms with van der Waals surface area (Å²) < 4.78 is 32.3. The van der Waals surface area contributed by atoms with Gasteiger partial charge in [-0.15, -0.1) is 12.6 Å². The van der Waals surface area contributed by atoms with E-state index in [4.69, 9.17) is 10.5 Å². The van der Waals surface area contributed by atoms with Crippen LogP contribution in [0.25, 0.3) is 0 Å². The molecule has 0 amide bonds. The summed E-state index contributed by atoms with van der Waals surface area (Å²) in [7, 11) is 0. The van der Waals surface area contributed by atoms with E-state index in [0.29, 0.717) is 0 Å². The molecule has 2 rings (SSSR count). The van der Waals surface area contributed by atoms with Gasteiger partial charge in [0, 0.05) is 11.6 Å². The molecule has 8 heteroatoms. The molecule has 0 spiro atoms. The van der Waals surface area contributed by atoms with Crippen LogP contribution in [0.15, 0.2) is 29.2 Å². The van der Waals surface area contributed by atoms with Crippen LogP contribution in [0.2, 0.25) is 0 Å². The minimum atomic E-state index is -0.944. The quantitative estimate of drug-likeness (QED) is 0.390. The number of benzene rings is 2. The van der Waals surface area contributed by atoms with Crippen LogP contribution in [0.3, 0.4) is 0 Å². The molecule has 0 saturated carbocycles. The smallest absolute Gasteiger partial charge is 0.276 e. The van der Waals surface area contributed by atoms with Gasteiger partial charge in [0.2, 0.25) is 0 Å². The van der Waals surface area contributed by atoms with Crippen molar-refractivity contribution in [2.75, 3.05) is 5.73 Å². The van der Waals surface area contributed by atoms with Crippen LogP contribution in [0.5, 0.6) is 11.5 Å². The van der Waals surface area contributed by atoms with E-state index in [-0.39, 0.29) is 27.6 Å². The first kappa shape index (κ1) is 15.0. The predicted octanol–water partition coefficient (Wildman–Crippen LogP) is 3.84. The maximum atomic E-state index is 13.9. The number of hydrogen-bond donors (Lipinski definition) is 2. The summed E-state index contributed by atoms with van der Waals surface area (Å²) in [5.41, 5.74) is 4.99. The van der Waals surface area contributed by atoms with Crippen molar-refractivity contribution < 1.29 is 18.4 Å². The fraction of sp³-hybridized carbons (Fsp3) is 0.0769. The van der Waals surface area contributed by atoms with Crippen LogP contribution in [-0.2, 0) is 0 Å². The number of rotatable bonds is 3. The van der Waals surface area contributed by atoms with E-state index in [1.54, 1.807) is 0 Å². The van der Waals surface area contributed by atoms with Crippen LogP contribution in [-0.4, -0.2) is 4.92 Å². The summed E-state index contributed by atoms with van der Waals surface area (Å²) in [6.45, 7) is 1.42. The fourth-order valence-corrected chi connectivity index (χ4v) is 1.96. The highest BCUT2D eigenvalue weighted by Crippen LogP contribution is 2.38. The number of ether oxygens (including phenoxy) is 1. The van der Waals surface area contributed by atoms with E-state index < -0.39 is 22.2 Å². The summed E-state index contributed by atoms with van der Waals surface area (Å²) >= 11 is 4.05. The number of halogens is 2. The van der Waals surface area contributed by atoms with Gasteiger partial charge >= 0.3 is 0 Å². The first-order valence-corrected chi connectivity index (χ1v) is 6.15. The van der Waals surface area contributed by atoms with E-state index in [1.165, 1.54) is 19.1 Å². The third-order valence-corrected chi connectivity index (χ3v) is 3.36. The molecule has 0 atom stereocenters. The Morgan fingerprint density at radius 3 is 2.52 bits per heavy atom. The Morgan fingerprint density at radius 2 is 1.95 bits per heavy atom. The average molecular weight is 312 g/mol. The summed E-state index contributed by atoms with van der Waals surface area (Å²) in [6.07, 6.45) is 0. The topological polar surface area (TPSA) is 78.4 Å². The zero-order valence-corrected chi connectivity index (χ0v) is 11.7. The van der Waals surface area contributed by atoms with E-state index in [1.807, 2.05) is 0 Å². The third-order valence-electron chi connectivity index (χ3n) is 2.82. The number of nitrogens with zero attached hydrogens (tertiary/aromatic N) is 1. The molecule has 0 unspecified atom stereocenters. The maximum Gasteiger partial charge on any atom is 0.276 e. The van der Waals surface area contributed by atoms with Crippen LogP contribution in [0, 0.1) is 28.7 Å². The molecule has 2 aromatic carbocycles. The summed E-state index contributed by atoms with van der Waals surface area (Å²) in [5.74, 6) is -1.77. The Hall–Kier alpha value is -2.35. The summed E-state index contributed by atoms with van der Waals surface area (Å²) in [4.78, 5) is 10.1. The van der Waals surface area contributed by atoms with Gasteiger partial charge in [0.05, 0.1) is 21.6 Å². The molecule has 0 aliphatic heterocycles. The van der Waals surface area contributed by atoms with Crippen molar-refractivity contribution in [2.24, 2.45) is 0 Å². The molecule has 0 aromatic heterocycles. The highest BCUT2D eigenvalue weighted by molar-refractivity contribution is 7.80. The Kier molecular flexibility index (Phi) is 3.99. The second-order valence-corrected chi connectivity index (χ2v) is 4.67. The van der Waals surface area contributed by atoms with Crippen molar-refractivity contribution in [1.82, 2.24) is 0 Å². The summed E-state index contributed by atoms with van der Waals surface area (Å²) in [5, 5.41) is 10.8. The van der Waals surface area contributed by atoms with Gasteiger partial charge < -0.3 is 10.5 Å². The Morgan fingerprint density at radius 1 is 1.29 bits per heavy atom. The molecule has 0 aliphatic rings. The lowest BCUT2D eigenvalue weighted by Gasteiger charge is -2.12. The first-order valence-electron chi connectivity index (χ1n) is 5.70. The van der Waals surface area contributed by atoms with Gasteiger partial charge in [-0.25, -0.2) is 8.78 Å². The van der Waals surface area contributed by atoms with Gasteiger partial charge in [-0.2, -0.15) is 0 Å².